The molecule has 0 saturated heterocycles. The Morgan fingerprint density at radius 2 is 2.06 bits per heavy atom. The highest BCUT2D eigenvalue weighted by molar-refractivity contribution is 5.91. The minimum Gasteiger partial charge on any atom is -0.300 e. The van der Waals surface area contributed by atoms with Gasteiger partial charge >= 0.3 is 0 Å². The number of Topliss-reactive ketones (excluding diaryl/α,β-unsaturated/α-hetero) is 2. The van der Waals surface area contributed by atoms with Crippen LogP contribution in [0.5, 0.6) is 0 Å². The second-order valence-corrected chi connectivity index (χ2v) is 5.60. The van der Waals surface area contributed by atoms with Gasteiger partial charge in [-0.2, -0.15) is 0 Å². The molecule has 0 aliphatic heterocycles. The highest BCUT2D eigenvalue weighted by atomic mass is 16.1. The molecule has 0 bridgehead atoms. The lowest BCUT2D eigenvalue weighted by Crippen LogP contribution is -2.42. The lowest BCUT2D eigenvalue weighted by atomic mass is 9.61. The zero-order chi connectivity index (χ0) is 12.5. The van der Waals surface area contributed by atoms with E-state index in [1.165, 1.54) is 0 Å². The number of ketones is 2. The van der Waals surface area contributed by atoms with Crippen molar-refractivity contribution < 1.29 is 9.59 Å². The first-order chi connectivity index (χ1) is 7.27. The number of hydrogen-bond acceptors (Lipinski definition) is 2. The van der Waals surface area contributed by atoms with Crippen molar-refractivity contribution >= 4 is 11.6 Å². The Hall–Kier alpha value is -0.920. The zero-order valence-corrected chi connectivity index (χ0v) is 10.8. The average molecular weight is 222 g/mol. The number of hydrogen-bond donors (Lipinski definition) is 0. The van der Waals surface area contributed by atoms with Crippen molar-refractivity contribution in [3.8, 4) is 0 Å². The van der Waals surface area contributed by atoms with Crippen molar-refractivity contribution in [1.29, 1.82) is 0 Å². The number of carbonyl (C=O) groups is 2. The molecule has 2 heteroatoms. The summed E-state index contributed by atoms with van der Waals surface area (Å²) in [5.41, 5.74) is 0.641. The molecule has 3 atom stereocenters. The monoisotopic (exact) mass is 222 g/mol. The summed E-state index contributed by atoms with van der Waals surface area (Å²) in [6.07, 6.45) is 1.92. The lowest BCUT2D eigenvalue weighted by Gasteiger charge is -2.41. The second-order valence-electron chi connectivity index (χ2n) is 5.60. The molecule has 0 heterocycles. The fourth-order valence-corrected chi connectivity index (χ4v) is 2.67. The molecule has 2 nitrogen and oxygen atoms in total. The van der Waals surface area contributed by atoms with Crippen LogP contribution >= 0.6 is 0 Å². The van der Waals surface area contributed by atoms with E-state index in [9.17, 15) is 9.59 Å². The molecule has 1 aliphatic carbocycles. The van der Waals surface area contributed by atoms with Crippen LogP contribution in [-0.4, -0.2) is 11.6 Å². The summed E-state index contributed by atoms with van der Waals surface area (Å²) < 4.78 is 0. The van der Waals surface area contributed by atoms with Gasteiger partial charge in [0, 0.05) is 18.3 Å². The molecule has 0 aromatic heterocycles. The zero-order valence-electron chi connectivity index (χ0n) is 10.8. The van der Waals surface area contributed by atoms with Crippen LogP contribution in [0.3, 0.4) is 0 Å². The summed E-state index contributed by atoms with van der Waals surface area (Å²) in [6, 6.07) is 0. The highest BCUT2D eigenvalue weighted by Gasteiger charge is 2.44. The summed E-state index contributed by atoms with van der Waals surface area (Å²) in [5.74, 6) is 0.910. The maximum Gasteiger partial charge on any atom is 0.140 e. The molecule has 1 rings (SSSR count). The smallest absolute Gasteiger partial charge is 0.140 e. The minimum absolute atomic E-state index is 0.108. The van der Waals surface area contributed by atoms with Gasteiger partial charge in [0.15, 0.2) is 0 Å². The van der Waals surface area contributed by atoms with Crippen molar-refractivity contribution in [2.24, 2.45) is 17.3 Å². The third-order valence-corrected chi connectivity index (χ3v) is 4.11. The maximum atomic E-state index is 12.2. The van der Waals surface area contributed by atoms with Crippen LogP contribution in [0.2, 0.25) is 0 Å². The molecule has 0 spiro atoms. The molecule has 0 amide bonds. The van der Waals surface area contributed by atoms with E-state index in [-0.39, 0.29) is 17.5 Å². The third-order valence-electron chi connectivity index (χ3n) is 4.11. The van der Waals surface area contributed by atoms with Gasteiger partial charge in [-0.05, 0) is 32.1 Å². The molecule has 16 heavy (non-hydrogen) atoms. The van der Waals surface area contributed by atoms with Crippen LogP contribution in [0.1, 0.15) is 47.0 Å². The van der Waals surface area contributed by atoms with Crippen LogP contribution < -0.4 is 0 Å². The molecule has 0 aromatic rings. The number of allylic oxidation sites excluding steroid dienone is 1. The Labute approximate surface area is 98.1 Å². The summed E-state index contributed by atoms with van der Waals surface area (Å²) in [5, 5.41) is 0. The normalized spacial score (nSPS) is 34.9. The molecule has 0 unspecified atom stereocenters. The van der Waals surface area contributed by atoms with Gasteiger partial charge in [-0.3, -0.25) is 9.59 Å². The predicted octanol–water partition coefficient (Wildman–Crippen LogP) is 3.16. The van der Waals surface area contributed by atoms with E-state index >= 15 is 0 Å². The van der Waals surface area contributed by atoms with Gasteiger partial charge in [0.25, 0.3) is 0 Å². The second kappa shape index (κ2) is 4.52. The summed E-state index contributed by atoms with van der Waals surface area (Å²) in [4.78, 5) is 23.4. The molecule has 0 N–H and O–H groups in total. The van der Waals surface area contributed by atoms with Crippen molar-refractivity contribution in [1.82, 2.24) is 0 Å². The van der Waals surface area contributed by atoms with E-state index in [1.54, 1.807) is 6.92 Å². The van der Waals surface area contributed by atoms with Gasteiger partial charge in [0.1, 0.15) is 11.6 Å². The highest BCUT2D eigenvalue weighted by Crippen LogP contribution is 2.44. The van der Waals surface area contributed by atoms with E-state index in [1.807, 2.05) is 13.8 Å². The predicted molar refractivity (Wildman–Crippen MR) is 65.1 cm³/mol. The first kappa shape index (κ1) is 13.1. The molecule has 1 saturated carbocycles. The van der Waals surface area contributed by atoms with Crippen molar-refractivity contribution in [3.05, 3.63) is 12.2 Å². The summed E-state index contributed by atoms with van der Waals surface area (Å²) in [6.45, 7) is 11.5. The molecular weight excluding hydrogens is 200 g/mol. The number of carbonyl (C=O) groups excluding carboxylic acids is 2. The van der Waals surface area contributed by atoms with Crippen LogP contribution in [0.15, 0.2) is 12.2 Å². The van der Waals surface area contributed by atoms with Gasteiger partial charge in [-0.1, -0.05) is 26.0 Å². The van der Waals surface area contributed by atoms with Crippen molar-refractivity contribution in [2.75, 3.05) is 0 Å². The summed E-state index contributed by atoms with van der Waals surface area (Å²) in [7, 11) is 0. The Balaban J connectivity index is 2.87. The molecule has 0 aromatic carbocycles. The SMILES string of the molecule is C=C(C)[C@H]1CC(=O)[C@](C)(CC(C)=O)[C@H](C)C1. The van der Waals surface area contributed by atoms with Crippen LogP contribution in [0.4, 0.5) is 0 Å². The van der Waals surface area contributed by atoms with E-state index < -0.39 is 5.41 Å². The molecule has 1 fully saturated rings. The average Bonchev–Trinajstić information content (AvgIpc) is 2.12. The first-order valence-electron chi connectivity index (χ1n) is 5.95. The molecular formula is C14H22O2. The molecule has 1 aliphatic rings. The number of rotatable bonds is 3. The van der Waals surface area contributed by atoms with Gasteiger partial charge in [-0.15, -0.1) is 0 Å². The fourth-order valence-electron chi connectivity index (χ4n) is 2.67. The fraction of sp³-hybridized carbons (Fsp3) is 0.714. The molecule has 0 radical (unpaired) electrons. The maximum absolute atomic E-state index is 12.2. The van der Waals surface area contributed by atoms with Crippen LogP contribution in [0, 0.1) is 17.3 Å². The Morgan fingerprint density at radius 3 is 2.44 bits per heavy atom. The largest absolute Gasteiger partial charge is 0.300 e. The van der Waals surface area contributed by atoms with E-state index in [4.69, 9.17) is 0 Å². The van der Waals surface area contributed by atoms with Crippen LogP contribution in [-0.2, 0) is 9.59 Å². The van der Waals surface area contributed by atoms with E-state index in [0.29, 0.717) is 18.8 Å². The summed E-state index contributed by atoms with van der Waals surface area (Å²) >= 11 is 0. The Morgan fingerprint density at radius 1 is 1.50 bits per heavy atom. The standard InChI is InChI=1S/C14H22O2/c1-9(2)12-6-10(3)14(5,8-11(4)15)13(16)7-12/h10,12H,1,6-8H2,2-5H3/t10-,12-,14-/m1/s1. The molecule has 90 valence electrons. The van der Waals surface area contributed by atoms with E-state index in [2.05, 4.69) is 13.5 Å². The Bertz CT molecular complexity index is 330. The van der Waals surface area contributed by atoms with Crippen molar-refractivity contribution in [3.63, 3.8) is 0 Å². The Kier molecular flexibility index (Phi) is 3.72. The lowest BCUT2D eigenvalue weighted by molar-refractivity contribution is -0.139. The first-order valence-corrected chi connectivity index (χ1v) is 5.95. The quantitative estimate of drug-likeness (QED) is 0.687. The van der Waals surface area contributed by atoms with E-state index in [0.717, 1.165) is 12.0 Å². The minimum atomic E-state index is -0.447. The van der Waals surface area contributed by atoms with Crippen LogP contribution in [0.25, 0.3) is 0 Å². The van der Waals surface area contributed by atoms with Gasteiger partial charge in [-0.25, -0.2) is 0 Å². The third kappa shape index (κ3) is 2.42. The van der Waals surface area contributed by atoms with Gasteiger partial charge in [0.05, 0.1) is 0 Å². The van der Waals surface area contributed by atoms with Gasteiger partial charge in [0.2, 0.25) is 0 Å². The topological polar surface area (TPSA) is 34.1 Å². The van der Waals surface area contributed by atoms with Gasteiger partial charge < -0.3 is 0 Å². The van der Waals surface area contributed by atoms with Crippen molar-refractivity contribution in [2.45, 2.75) is 47.0 Å².